The Morgan fingerprint density at radius 1 is 1.48 bits per heavy atom. The fourth-order valence-corrected chi connectivity index (χ4v) is 3.38. The minimum atomic E-state index is -0.209. The smallest absolute Gasteiger partial charge is 0.254 e. The molecule has 2 aromatic heterocycles. The Kier molecular flexibility index (Phi) is 5.57. The van der Waals surface area contributed by atoms with E-state index in [4.69, 9.17) is 14.0 Å². The third-order valence-corrected chi connectivity index (χ3v) is 4.84. The first kappa shape index (κ1) is 17.7. The van der Waals surface area contributed by atoms with E-state index in [-0.39, 0.29) is 24.4 Å². The van der Waals surface area contributed by atoms with Gasteiger partial charge in [0.25, 0.3) is 5.91 Å². The van der Waals surface area contributed by atoms with Crippen LogP contribution < -0.4 is 0 Å². The molecule has 1 aliphatic rings. The summed E-state index contributed by atoms with van der Waals surface area (Å²) in [6.45, 7) is 3.17. The van der Waals surface area contributed by atoms with Gasteiger partial charge in [0.2, 0.25) is 5.89 Å². The topological polar surface area (TPSA) is 94.8 Å². The number of rotatable bonds is 6. The maximum Gasteiger partial charge on any atom is 0.254 e. The number of thiophene rings is 1. The standard InChI is InChI=1S/C16H19N3O5S/c1-10(20)13-5-11(9-25-13)16(21)19-3-4-23-12(7-19)6-15-17-14(8-22-2)18-24-15/h5,9,12H,3-4,6-8H2,1-2H3/t12-/m1/s1. The number of carbonyl (C=O) groups is 2. The van der Waals surface area contributed by atoms with Crippen LogP contribution in [0.15, 0.2) is 16.0 Å². The fraction of sp³-hybridized carbons (Fsp3) is 0.500. The molecule has 3 heterocycles. The molecule has 0 bridgehead atoms. The van der Waals surface area contributed by atoms with E-state index >= 15 is 0 Å². The lowest BCUT2D eigenvalue weighted by atomic mass is 10.1. The van der Waals surface area contributed by atoms with Crippen LogP contribution in [-0.2, 0) is 22.5 Å². The minimum Gasteiger partial charge on any atom is -0.377 e. The van der Waals surface area contributed by atoms with Gasteiger partial charge in [0.1, 0.15) is 6.61 Å². The van der Waals surface area contributed by atoms with Gasteiger partial charge in [0.15, 0.2) is 11.6 Å². The lowest BCUT2D eigenvalue weighted by Gasteiger charge is -2.32. The Labute approximate surface area is 148 Å². The van der Waals surface area contributed by atoms with E-state index in [1.807, 2.05) is 0 Å². The molecule has 0 aromatic carbocycles. The summed E-state index contributed by atoms with van der Waals surface area (Å²) in [7, 11) is 1.56. The maximum atomic E-state index is 12.6. The lowest BCUT2D eigenvalue weighted by Crippen LogP contribution is -2.46. The van der Waals surface area contributed by atoms with E-state index < -0.39 is 0 Å². The number of hydrogen-bond acceptors (Lipinski definition) is 8. The molecular weight excluding hydrogens is 346 g/mol. The average Bonchev–Trinajstić information content (AvgIpc) is 3.24. The zero-order chi connectivity index (χ0) is 17.8. The summed E-state index contributed by atoms with van der Waals surface area (Å²) in [5.41, 5.74) is 0.538. The molecular formula is C16H19N3O5S. The summed E-state index contributed by atoms with van der Waals surface area (Å²) < 4.78 is 15.8. The van der Waals surface area contributed by atoms with Crippen LogP contribution in [0.3, 0.4) is 0 Å². The second kappa shape index (κ2) is 7.85. The number of nitrogens with zero attached hydrogens (tertiary/aromatic N) is 3. The highest BCUT2D eigenvalue weighted by atomic mass is 32.1. The summed E-state index contributed by atoms with van der Waals surface area (Å²) in [6, 6.07) is 1.65. The molecule has 0 aliphatic carbocycles. The highest BCUT2D eigenvalue weighted by Gasteiger charge is 2.27. The van der Waals surface area contributed by atoms with Crippen LogP contribution in [0.1, 0.15) is 38.7 Å². The second-order valence-corrected chi connectivity index (χ2v) is 6.65. The molecule has 3 rings (SSSR count). The first-order chi connectivity index (χ1) is 12.1. The zero-order valence-electron chi connectivity index (χ0n) is 14.1. The van der Waals surface area contributed by atoms with E-state index in [1.165, 1.54) is 18.3 Å². The van der Waals surface area contributed by atoms with Crippen LogP contribution in [0.2, 0.25) is 0 Å². The molecule has 1 fully saturated rings. The molecule has 0 radical (unpaired) electrons. The Bertz CT molecular complexity index is 757. The largest absolute Gasteiger partial charge is 0.377 e. The molecule has 1 amide bonds. The van der Waals surface area contributed by atoms with Crippen molar-refractivity contribution in [2.24, 2.45) is 0 Å². The molecule has 25 heavy (non-hydrogen) atoms. The lowest BCUT2D eigenvalue weighted by molar-refractivity contribution is -0.0237. The van der Waals surface area contributed by atoms with Crippen LogP contribution in [0, 0.1) is 0 Å². The van der Waals surface area contributed by atoms with E-state index in [1.54, 1.807) is 23.5 Å². The Morgan fingerprint density at radius 2 is 2.32 bits per heavy atom. The SMILES string of the molecule is COCc1noc(C[C@@H]2CN(C(=O)c3csc(C(C)=O)c3)CCO2)n1. The molecule has 0 saturated carbocycles. The van der Waals surface area contributed by atoms with Gasteiger partial charge in [0.05, 0.1) is 29.6 Å². The number of hydrogen-bond donors (Lipinski definition) is 0. The van der Waals surface area contributed by atoms with Crippen molar-refractivity contribution in [3.8, 4) is 0 Å². The van der Waals surface area contributed by atoms with Crippen LogP contribution in [0.4, 0.5) is 0 Å². The summed E-state index contributed by atoms with van der Waals surface area (Å²) in [5.74, 6) is 0.812. The van der Waals surface area contributed by atoms with Gasteiger partial charge in [-0.15, -0.1) is 11.3 Å². The molecule has 1 aliphatic heterocycles. The van der Waals surface area contributed by atoms with E-state index in [9.17, 15) is 9.59 Å². The summed E-state index contributed by atoms with van der Waals surface area (Å²) in [6.07, 6.45) is 0.225. The monoisotopic (exact) mass is 365 g/mol. The van der Waals surface area contributed by atoms with Crippen LogP contribution >= 0.6 is 11.3 Å². The Morgan fingerprint density at radius 3 is 3.04 bits per heavy atom. The van der Waals surface area contributed by atoms with E-state index in [0.717, 1.165) is 0 Å². The molecule has 1 atom stereocenters. The molecule has 0 N–H and O–H groups in total. The van der Waals surface area contributed by atoms with Crippen molar-refractivity contribution in [2.75, 3.05) is 26.8 Å². The Balaban J connectivity index is 1.61. The highest BCUT2D eigenvalue weighted by Crippen LogP contribution is 2.19. The molecule has 8 nitrogen and oxygen atoms in total. The van der Waals surface area contributed by atoms with Gasteiger partial charge in [-0.05, 0) is 13.0 Å². The fourth-order valence-electron chi connectivity index (χ4n) is 2.60. The first-order valence-electron chi connectivity index (χ1n) is 7.87. The normalized spacial score (nSPS) is 17.7. The molecule has 134 valence electrons. The maximum absolute atomic E-state index is 12.6. The van der Waals surface area contributed by atoms with Gasteiger partial charge >= 0.3 is 0 Å². The summed E-state index contributed by atoms with van der Waals surface area (Å²) in [4.78, 5) is 30.6. The third-order valence-electron chi connectivity index (χ3n) is 3.81. The third kappa shape index (κ3) is 4.30. The summed E-state index contributed by atoms with van der Waals surface area (Å²) in [5, 5.41) is 5.54. The van der Waals surface area contributed by atoms with E-state index in [2.05, 4.69) is 10.1 Å². The van der Waals surface area contributed by atoms with E-state index in [0.29, 0.717) is 48.3 Å². The second-order valence-electron chi connectivity index (χ2n) is 5.74. The highest BCUT2D eigenvalue weighted by molar-refractivity contribution is 7.12. The van der Waals surface area contributed by atoms with Gasteiger partial charge in [0, 0.05) is 25.6 Å². The van der Waals surface area contributed by atoms with Crippen molar-refractivity contribution in [1.82, 2.24) is 15.0 Å². The zero-order valence-corrected chi connectivity index (χ0v) is 14.9. The molecule has 0 unspecified atom stereocenters. The number of ether oxygens (including phenoxy) is 2. The van der Waals surface area contributed by atoms with Crippen molar-refractivity contribution >= 4 is 23.0 Å². The summed E-state index contributed by atoms with van der Waals surface area (Å²) >= 11 is 1.29. The van der Waals surface area contributed by atoms with Crippen LogP contribution in [0.5, 0.6) is 0 Å². The van der Waals surface area contributed by atoms with Gasteiger partial charge in [-0.25, -0.2) is 0 Å². The van der Waals surface area contributed by atoms with Gasteiger partial charge < -0.3 is 18.9 Å². The number of amides is 1. The minimum absolute atomic E-state index is 0.0350. The molecule has 9 heteroatoms. The predicted molar refractivity (Wildman–Crippen MR) is 88.7 cm³/mol. The molecule has 0 spiro atoms. The molecule has 1 saturated heterocycles. The Hall–Kier alpha value is -2.10. The average molecular weight is 365 g/mol. The number of Topliss-reactive ketones (excluding diaryl/α,β-unsaturated/α-hetero) is 1. The van der Waals surface area contributed by atoms with Crippen molar-refractivity contribution < 1.29 is 23.6 Å². The number of methoxy groups -OCH3 is 1. The van der Waals surface area contributed by atoms with Crippen molar-refractivity contribution in [3.63, 3.8) is 0 Å². The number of ketones is 1. The predicted octanol–water partition coefficient (Wildman–Crippen LogP) is 1.56. The van der Waals surface area contributed by atoms with Crippen molar-refractivity contribution in [2.45, 2.75) is 26.1 Å². The van der Waals surface area contributed by atoms with Gasteiger partial charge in [-0.2, -0.15) is 4.98 Å². The van der Waals surface area contributed by atoms with Gasteiger partial charge in [-0.3, -0.25) is 9.59 Å². The number of morpholine rings is 1. The van der Waals surface area contributed by atoms with Crippen LogP contribution in [-0.4, -0.2) is 59.6 Å². The van der Waals surface area contributed by atoms with Crippen LogP contribution in [0.25, 0.3) is 0 Å². The molecule has 2 aromatic rings. The first-order valence-corrected chi connectivity index (χ1v) is 8.75. The van der Waals surface area contributed by atoms with Crippen molar-refractivity contribution in [1.29, 1.82) is 0 Å². The quantitative estimate of drug-likeness (QED) is 0.717. The van der Waals surface area contributed by atoms with Crippen molar-refractivity contribution in [3.05, 3.63) is 33.6 Å². The van der Waals surface area contributed by atoms with Gasteiger partial charge in [-0.1, -0.05) is 5.16 Å². The number of aromatic nitrogens is 2. The number of carbonyl (C=O) groups excluding carboxylic acids is 2.